The van der Waals surface area contributed by atoms with Gasteiger partial charge in [-0.05, 0) is 74.6 Å². The van der Waals surface area contributed by atoms with E-state index in [9.17, 15) is 0 Å². The Kier molecular flexibility index (Phi) is 4.61. The molecule has 0 radical (unpaired) electrons. The van der Waals surface area contributed by atoms with Gasteiger partial charge in [0.05, 0.1) is 12.2 Å². The minimum Gasteiger partial charge on any atom is -0.493 e. The number of rotatable bonds is 6. The van der Waals surface area contributed by atoms with E-state index >= 15 is 0 Å². The molecule has 1 spiro atoms. The van der Waals surface area contributed by atoms with Gasteiger partial charge in [0.1, 0.15) is 5.75 Å². The fraction of sp³-hybridized carbons (Fsp3) is 0.577. The number of benzene rings is 1. The van der Waals surface area contributed by atoms with Crippen molar-refractivity contribution in [2.75, 3.05) is 19.8 Å². The summed E-state index contributed by atoms with van der Waals surface area (Å²) in [6, 6.07) is 13.0. The molecule has 3 heterocycles. The largest absolute Gasteiger partial charge is 0.493 e. The van der Waals surface area contributed by atoms with Crippen molar-refractivity contribution in [3.05, 3.63) is 59.4 Å². The first-order valence-electron chi connectivity index (χ1n) is 11.8. The Bertz CT molecular complexity index is 905. The van der Waals surface area contributed by atoms with E-state index in [1.54, 1.807) is 0 Å². The summed E-state index contributed by atoms with van der Waals surface area (Å²) in [5, 5.41) is 3.72. The highest BCUT2D eigenvalue weighted by molar-refractivity contribution is 5.43. The molecule has 4 nitrogen and oxygen atoms in total. The van der Waals surface area contributed by atoms with E-state index in [1.807, 2.05) is 12.3 Å². The van der Waals surface area contributed by atoms with Crippen LogP contribution in [0.25, 0.3) is 0 Å². The minimum atomic E-state index is 0.109. The maximum Gasteiger partial charge on any atom is 0.127 e. The van der Waals surface area contributed by atoms with Gasteiger partial charge in [-0.2, -0.15) is 0 Å². The molecule has 2 aromatic rings. The van der Waals surface area contributed by atoms with E-state index in [4.69, 9.17) is 14.5 Å². The molecule has 2 aliphatic heterocycles. The standard InChI is InChI=1S/C26H32N2O2/c1-2-10-28-23(6-1)25(9-13-30-26(18-25)15-21-14-22(21)16-26)8-11-27-17-20-5-3-4-19-7-12-29-24(19)20/h1-6,10,21-22,27H,7-9,11-18H2/t21?,22?,25-,26?/m1/s1. The number of hydrogen-bond acceptors (Lipinski definition) is 4. The first kappa shape index (κ1) is 18.8. The second kappa shape index (κ2) is 7.35. The SMILES string of the molecule is c1ccc([C@]2(CCNCc3cccc4c3OCC4)CCOC3(CC4CC4C3)C2)nc1. The fourth-order valence-corrected chi connectivity index (χ4v) is 6.54. The molecule has 1 N–H and O–H groups in total. The summed E-state index contributed by atoms with van der Waals surface area (Å²) in [6.45, 7) is 3.55. The van der Waals surface area contributed by atoms with Crippen molar-refractivity contribution in [3.8, 4) is 5.75 Å². The highest BCUT2D eigenvalue weighted by atomic mass is 16.5. The quantitative estimate of drug-likeness (QED) is 0.724. The average Bonchev–Trinajstić information content (AvgIpc) is 3.16. The lowest BCUT2D eigenvalue weighted by molar-refractivity contribution is -0.111. The third-order valence-electron chi connectivity index (χ3n) is 8.09. The molecule has 0 amide bonds. The zero-order valence-corrected chi connectivity index (χ0v) is 17.7. The smallest absolute Gasteiger partial charge is 0.127 e. The highest BCUT2D eigenvalue weighted by Crippen LogP contribution is 2.61. The molecular weight excluding hydrogens is 372 g/mol. The second-order valence-electron chi connectivity index (χ2n) is 10.0. The number of fused-ring (bicyclic) bond motifs is 2. The van der Waals surface area contributed by atoms with Gasteiger partial charge in [-0.1, -0.05) is 24.3 Å². The lowest BCUT2D eigenvalue weighted by Crippen LogP contribution is -2.48. The van der Waals surface area contributed by atoms with Crippen LogP contribution in [0.5, 0.6) is 5.75 Å². The Balaban J connectivity index is 1.17. The highest BCUT2D eigenvalue weighted by Gasteiger charge is 2.58. The summed E-state index contributed by atoms with van der Waals surface area (Å²) in [5.41, 5.74) is 4.14. The zero-order valence-electron chi connectivity index (χ0n) is 17.7. The molecule has 4 aliphatic rings. The van der Waals surface area contributed by atoms with Crippen LogP contribution in [-0.4, -0.2) is 30.3 Å². The van der Waals surface area contributed by atoms with Gasteiger partial charge in [0.15, 0.2) is 0 Å². The Hall–Kier alpha value is -1.91. The van der Waals surface area contributed by atoms with Crippen molar-refractivity contribution < 1.29 is 9.47 Å². The van der Waals surface area contributed by atoms with Gasteiger partial charge in [-0.3, -0.25) is 4.98 Å². The van der Waals surface area contributed by atoms with Gasteiger partial charge in [0.2, 0.25) is 0 Å². The van der Waals surface area contributed by atoms with Crippen molar-refractivity contribution in [1.29, 1.82) is 0 Å². The Morgan fingerprint density at radius 1 is 1.07 bits per heavy atom. The van der Waals surface area contributed by atoms with E-state index in [0.29, 0.717) is 0 Å². The summed E-state index contributed by atoms with van der Waals surface area (Å²) in [7, 11) is 0. The van der Waals surface area contributed by atoms with Crippen LogP contribution in [0.4, 0.5) is 0 Å². The zero-order chi connectivity index (χ0) is 20.0. The van der Waals surface area contributed by atoms with Crippen LogP contribution >= 0.6 is 0 Å². The molecular formula is C26H32N2O2. The molecule has 30 heavy (non-hydrogen) atoms. The molecule has 3 fully saturated rings. The Morgan fingerprint density at radius 3 is 2.87 bits per heavy atom. The van der Waals surface area contributed by atoms with Gasteiger partial charge in [0.25, 0.3) is 0 Å². The van der Waals surface area contributed by atoms with Crippen LogP contribution in [0.2, 0.25) is 0 Å². The first-order chi connectivity index (χ1) is 14.8. The van der Waals surface area contributed by atoms with E-state index in [2.05, 4.69) is 35.6 Å². The van der Waals surface area contributed by atoms with E-state index in [-0.39, 0.29) is 11.0 Å². The van der Waals surface area contributed by atoms with E-state index < -0.39 is 0 Å². The van der Waals surface area contributed by atoms with Crippen LogP contribution in [0.1, 0.15) is 55.3 Å². The topological polar surface area (TPSA) is 43.4 Å². The Morgan fingerprint density at radius 2 is 2.00 bits per heavy atom. The molecule has 2 saturated carbocycles. The molecule has 2 aliphatic carbocycles. The first-order valence-corrected chi connectivity index (χ1v) is 11.8. The lowest BCUT2D eigenvalue weighted by Gasteiger charge is -2.47. The maximum absolute atomic E-state index is 6.47. The molecule has 0 bridgehead atoms. The van der Waals surface area contributed by atoms with Crippen LogP contribution in [0.3, 0.4) is 0 Å². The van der Waals surface area contributed by atoms with Crippen molar-refractivity contribution in [1.82, 2.24) is 10.3 Å². The van der Waals surface area contributed by atoms with Crippen molar-refractivity contribution in [3.63, 3.8) is 0 Å². The number of ether oxygens (including phenoxy) is 2. The summed E-state index contributed by atoms with van der Waals surface area (Å²) >= 11 is 0. The molecule has 1 aromatic heterocycles. The summed E-state index contributed by atoms with van der Waals surface area (Å²) < 4.78 is 12.3. The van der Waals surface area contributed by atoms with Gasteiger partial charge in [-0.15, -0.1) is 0 Å². The number of hydrogen-bond donors (Lipinski definition) is 1. The van der Waals surface area contributed by atoms with E-state index in [0.717, 1.165) is 69.6 Å². The lowest BCUT2D eigenvalue weighted by atomic mass is 9.67. The van der Waals surface area contributed by atoms with Crippen LogP contribution in [-0.2, 0) is 23.1 Å². The Labute approximate surface area is 179 Å². The third kappa shape index (κ3) is 3.34. The fourth-order valence-electron chi connectivity index (χ4n) is 6.54. The van der Waals surface area contributed by atoms with Gasteiger partial charge in [-0.25, -0.2) is 0 Å². The van der Waals surface area contributed by atoms with Crippen LogP contribution in [0.15, 0.2) is 42.6 Å². The number of nitrogens with one attached hydrogen (secondary N) is 1. The van der Waals surface area contributed by atoms with Crippen LogP contribution < -0.4 is 10.1 Å². The number of aromatic nitrogens is 1. The summed E-state index contributed by atoms with van der Waals surface area (Å²) in [5.74, 6) is 2.98. The van der Waals surface area contributed by atoms with Gasteiger partial charge in [0, 0.05) is 42.4 Å². The van der Waals surface area contributed by atoms with Gasteiger partial charge < -0.3 is 14.8 Å². The summed E-state index contributed by atoms with van der Waals surface area (Å²) in [4.78, 5) is 4.84. The molecule has 158 valence electrons. The predicted octanol–water partition coefficient (Wildman–Crippen LogP) is 4.41. The number of pyridine rings is 1. The monoisotopic (exact) mass is 404 g/mol. The number of para-hydroxylation sites is 1. The van der Waals surface area contributed by atoms with Crippen molar-refractivity contribution in [2.24, 2.45) is 11.8 Å². The van der Waals surface area contributed by atoms with E-state index in [1.165, 1.54) is 36.1 Å². The van der Waals surface area contributed by atoms with Crippen LogP contribution in [0, 0.1) is 11.8 Å². The molecule has 1 aromatic carbocycles. The molecule has 1 saturated heterocycles. The maximum atomic E-state index is 6.47. The molecule has 3 atom stereocenters. The molecule has 4 heteroatoms. The van der Waals surface area contributed by atoms with Gasteiger partial charge >= 0.3 is 0 Å². The van der Waals surface area contributed by atoms with Crippen molar-refractivity contribution >= 4 is 0 Å². The average molecular weight is 405 g/mol. The summed E-state index contributed by atoms with van der Waals surface area (Å²) in [6.07, 6.45) is 10.3. The van der Waals surface area contributed by atoms with Crippen molar-refractivity contribution in [2.45, 2.75) is 62.5 Å². The minimum absolute atomic E-state index is 0.109. The second-order valence-corrected chi connectivity index (χ2v) is 10.0. The normalized spacial score (nSPS) is 33.9. The molecule has 6 rings (SSSR count). The third-order valence-corrected chi connectivity index (χ3v) is 8.09. The predicted molar refractivity (Wildman–Crippen MR) is 117 cm³/mol. The molecule has 2 unspecified atom stereocenters. The number of nitrogens with zero attached hydrogens (tertiary/aromatic N) is 1.